The van der Waals surface area contributed by atoms with Crippen molar-refractivity contribution in [3.05, 3.63) is 64.7 Å². The Hall–Kier alpha value is -1.82. The van der Waals surface area contributed by atoms with Gasteiger partial charge in [0.2, 0.25) is 0 Å². The summed E-state index contributed by atoms with van der Waals surface area (Å²) in [6, 6.07) is 15.7. The minimum atomic E-state index is 1.21. The largest absolute Gasteiger partial charge is 0.0727 e. The van der Waals surface area contributed by atoms with E-state index in [4.69, 9.17) is 0 Å². The predicted molar refractivity (Wildman–Crippen MR) is 83.2 cm³/mol. The number of hydrogen-bond donors (Lipinski definition) is 0. The van der Waals surface area contributed by atoms with Crippen molar-refractivity contribution in [2.24, 2.45) is 0 Å². The van der Waals surface area contributed by atoms with Crippen molar-refractivity contribution in [1.29, 1.82) is 0 Å². The minimum Gasteiger partial charge on any atom is -0.0727 e. The molecule has 0 unspecified atom stereocenters. The highest BCUT2D eigenvalue weighted by Gasteiger charge is 2.08. The molecular formula is C19H20. The molecule has 0 aliphatic heterocycles. The number of benzene rings is 2. The topological polar surface area (TPSA) is 0 Å². The second kappa shape index (κ2) is 5.05. The molecule has 0 N–H and O–H groups in total. The van der Waals surface area contributed by atoms with Gasteiger partial charge >= 0.3 is 0 Å². The Morgan fingerprint density at radius 1 is 0.789 bits per heavy atom. The van der Waals surface area contributed by atoms with Gasteiger partial charge in [0, 0.05) is 0 Å². The first-order valence-corrected chi connectivity index (χ1v) is 7.09. The van der Waals surface area contributed by atoms with E-state index in [1.165, 1.54) is 52.7 Å². The van der Waals surface area contributed by atoms with Crippen molar-refractivity contribution < 1.29 is 0 Å². The lowest BCUT2D eigenvalue weighted by molar-refractivity contribution is 0.824. The van der Waals surface area contributed by atoms with E-state index in [-0.39, 0.29) is 0 Å². The lowest BCUT2D eigenvalue weighted by atomic mass is 9.97. The molecule has 0 saturated heterocycles. The average molecular weight is 248 g/mol. The van der Waals surface area contributed by atoms with Gasteiger partial charge in [-0.25, -0.2) is 0 Å². The third-order valence-corrected chi connectivity index (χ3v) is 3.95. The van der Waals surface area contributed by atoms with Crippen molar-refractivity contribution >= 4 is 6.08 Å². The second-order valence-electron chi connectivity index (χ2n) is 5.62. The maximum absolute atomic E-state index is 2.36. The monoisotopic (exact) mass is 248 g/mol. The van der Waals surface area contributed by atoms with E-state index in [0.717, 1.165) is 0 Å². The Labute approximate surface area is 115 Å². The van der Waals surface area contributed by atoms with Gasteiger partial charge in [-0.15, -0.1) is 0 Å². The number of hydrogen-bond acceptors (Lipinski definition) is 0. The first-order valence-electron chi connectivity index (χ1n) is 7.09. The molecule has 1 aliphatic rings. The van der Waals surface area contributed by atoms with Crippen molar-refractivity contribution in [2.75, 3.05) is 0 Å². The second-order valence-corrected chi connectivity index (χ2v) is 5.62. The fraction of sp³-hybridized carbons (Fsp3) is 0.263. The normalized spacial score (nSPS) is 14.5. The lowest BCUT2D eigenvalue weighted by Crippen LogP contribution is -1.88. The molecule has 1 aliphatic carbocycles. The summed E-state index contributed by atoms with van der Waals surface area (Å²) in [5.74, 6) is 0. The van der Waals surface area contributed by atoms with Crippen LogP contribution in [0.1, 0.15) is 36.5 Å². The Balaban J connectivity index is 2.05. The van der Waals surface area contributed by atoms with E-state index in [0.29, 0.717) is 0 Å². The fourth-order valence-corrected chi connectivity index (χ4v) is 2.78. The highest BCUT2D eigenvalue weighted by atomic mass is 14.1. The minimum absolute atomic E-state index is 1.21. The summed E-state index contributed by atoms with van der Waals surface area (Å²) in [6.45, 7) is 4.38. The van der Waals surface area contributed by atoms with Crippen molar-refractivity contribution in [3.63, 3.8) is 0 Å². The zero-order valence-corrected chi connectivity index (χ0v) is 11.7. The van der Waals surface area contributed by atoms with E-state index < -0.39 is 0 Å². The molecule has 96 valence electrons. The SMILES string of the molecule is CC1=Cc2cc(-c3ccc(C)cc3)ccc2CCC1. The molecule has 0 radical (unpaired) electrons. The zero-order valence-electron chi connectivity index (χ0n) is 11.7. The smallest absolute Gasteiger partial charge is 0.0178 e. The summed E-state index contributed by atoms with van der Waals surface area (Å²) in [7, 11) is 0. The van der Waals surface area contributed by atoms with E-state index >= 15 is 0 Å². The van der Waals surface area contributed by atoms with Gasteiger partial charge in [0.15, 0.2) is 0 Å². The van der Waals surface area contributed by atoms with Crippen molar-refractivity contribution in [3.8, 4) is 11.1 Å². The molecule has 0 heteroatoms. The molecule has 19 heavy (non-hydrogen) atoms. The van der Waals surface area contributed by atoms with Gasteiger partial charge in [0.25, 0.3) is 0 Å². The van der Waals surface area contributed by atoms with Crippen molar-refractivity contribution in [1.82, 2.24) is 0 Å². The Bertz CT molecular complexity index is 615. The number of rotatable bonds is 1. The van der Waals surface area contributed by atoms with Gasteiger partial charge in [-0.2, -0.15) is 0 Å². The van der Waals surface area contributed by atoms with Crippen LogP contribution in [0.25, 0.3) is 17.2 Å². The van der Waals surface area contributed by atoms with Gasteiger partial charge in [-0.05, 0) is 61.4 Å². The van der Waals surface area contributed by atoms with Gasteiger partial charge in [-0.3, -0.25) is 0 Å². The van der Waals surface area contributed by atoms with Crippen LogP contribution in [0, 0.1) is 6.92 Å². The molecule has 0 spiro atoms. The quantitative estimate of drug-likeness (QED) is 0.633. The highest BCUT2D eigenvalue weighted by Crippen LogP contribution is 2.28. The number of aryl methyl sites for hydroxylation is 2. The summed E-state index contributed by atoms with van der Waals surface area (Å²) < 4.78 is 0. The lowest BCUT2D eigenvalue weighted by Gasteiger charge is -2.08. The highest BCUT2D eigenvalue weighted by molar-refractivity contribution is 5.70. The molecule has 0 aromatic heterocycles. The third-order valence-electron chi connectivity index (χ3n) is 3.95. The van der Waals surface area contributed by atoms with Crippen LogP contribution < -0.4 is 0 Å². The Morgan fingerprint density at radius 3 is 2.32 bits per heavy atom. The van der Waals surface area contributed by atoms with Crippen molar-refractivity contribution in [2.45, 2.75) is 33.1 Å². The van der Waals surface area contributed by atoms with Crippen LogP contribution in [0.5, 0.6) is 0 Å². The first kappa shape index (κ1) is 12.2. The molecule has 0 nitrogen and oxygen atoms in total. The van der Waals surface area contributed by atoms with Gasteiger partial charge in [0.05, 0.1) is 0 Å². The van der Waals surface area contributed by atoms with Crippen LogP contribution in [0.15, 0.2) is 48.0 Å². The standard InChI is InChI=1S/C19H20/c1-14-6-8-17(9-7-14)18-11-10-16-5-3-4-15(2)12-19(16)13-18/h6-13H,3-5H2,1-2H3. The van der Waals surface area contributed by atoms with Gasteiger partial charge in [-0.1, -0.05) is 53.6 Å². The van der Waals surface area contributed by atoms with Gasteiger partial charge in [0.1, 0.15) is 0 Å². The van der Waals surface area contributed by atoms with Crippen LogP contribution in [0.4, 0.5) is 0 Å². The fourth-order valence-electron chi connectivity index (χ4n) is 2.78. The third kappa shape index (κ3) is 2.63. The summed E-state index contributed by atoms with van der Waals surface area (Å²) in [6.07, 6.45) is 6.07. The molecule has 0 heterocycles. The number of fused-ring (bicyclic) bond motifs is 1. The zero-order chi connectivity index (χ0) is 13.2. The average Bonchev–Trinajstić information content (AvgIpc) is 2.59. The van der Waals surface area contributed by atoms with Crippen LogP contribution in [0.3, 0.4) is 0 Å². The molecule has 0 saturated carbocycles. The molecule has 0 bridgehead atoms. The summed E-state index contributed by atoms with van der Waals surface area (Å²) in [5.41, 5.74) is 8.35. The van der Waals surface area contributed by atoms with E-state index in [1.807, 2.05) is 0 Å². The molecular weight excluding hydrogens is 228 g/mol. The van der Waals surface area contributed by atoms with Gasteiger partial charge < -0.3 is 0 Å². The maximum Gasteiger partial charge on any atom is -0.0178 e. The molecule has 2 aromatic carbocycles. The Kier molecular flexibility index (Phi) is 3.25. The van der Waals surface area contributed by atoms with E-state index in [1.54, 1.807) is 0 Å². The maximum atomic E-state index is 2.36. The van der Waals surface area contributed by atoms with Crippen LogP contribution in [-0.2, 0) is 6.42 Å². The summed E-state index contributed by atoms with van der Waals surface area (Å²) in [4.78, 5) is 0. The molecule has 0 fully saturated rings. The molecule has 0 atom stereocenters. The summed E-state index contributed by atoms with van der Waals surface area (Å²) >= 11 is 0. The molecule has 2 aromatic rings. The number of allylic oxidation sites excluding steroid dienone is 1. The van der Waals surface area contributed by atoms with Crippen LogP contribution in [-0.4, -0.2) is 0 Å². The molecule has 3 rings (SSSR count). The van der Waals surface area contributed by atoms with Crippen LogP contribution in [0.2, 0.25) is 0 Å². The summed E-state index contributed by atoms with van der Waals surface area (Å²) in [5, 5.41) is 0. The van der Waals surface area contributed by atoms with E-state index in [2.05, 4.69) is 62.4 Å². The van der Waals surface area contributed by atoms with Crippen LogP contribution >= 0.6 is 0 Å². The van der Waals surface area contributed by atoms with E-state index in [9.17, 15) is 0 Å². The Morgan fingerprint density at radius 2 is 1.53 bits per heavy atom. The predicted octanol–water partition coefficient (Wildman–Crippen LogP) is 5.40. The molecule has 0 amide bonds. The first-order chi connectivity index (χ1) is 9.22.